The molecule has 0 bridgehead atoms. The Morgan fingerprint density at radius 1 is 1.37 bits per heavy atom. The van der Waals surface area contributed by atoms with E-state index in [4.69, 9.17) is 5.73 Å². The third kappa shape index (κ3) is 2.26. The van der Waals surface area contributed by atoms with Gasteiger partial charge in [0.05, 0.1) is 21.6 Å². The van der Waals surface area contributed by atoms with E-state index >= 15 is 0 Å². The first-order chi connectivity index (χ1) is 9.25. The van der Waals surface area contributed by atoms with Gasteiger partial charge in [0.25, 0.3) is 0 Å². The molecular weight excluding hydrogens is 258 g/mol. The molecule has 2 heterocycles. The molecule has 98 valence electrons. The van der Waals surface area contributed by atoms with Crippen LogP contribution in [0.2, 0.25) is 0 Å². The first-order valence-corrected chi connectivity index (χ1v) is 6.95. The number of rotatable bonds is 4. The largest absolute Gasteiger partial charge is 0.395 e. The summed E-state index contributed by atoms with van der Waals surface area (Å²) in [4.78, 5) is 8.58. The second-order valence-electron chi connectivity index (χ2n) is 4.36. The molecule has 0 aliphatic heterocycles. The van der Waals surface area contributed by atoms with Gasteiger partial charge in [0.1, 0.15) is 11.3 Å². The van der Waals surface area contributed by atoms with Gasteiger partial charge in [-0.25, -0.2) is 9.97 Å². The molecule has 0 amide bonds. The number of fused-ring (bicyclic) bond motifs is 1. The zero-order chi connectivity index (χ0) is 13.2. The number of thiazole rings is 1. The highest BCUT2D eigenvalue weighted by Gasteiger charge is 2.06. The van der Waals surface area contributed by atoms with E-state index in [-0.39, 0.29) is 0 Å². The summed E-state index contributed by atoms with van der Waals surface area (Å²) in [5.41, 5.74) is 10.5. The maximum absolute atomic E-state index is 6.11. The Kier molecular flexibility index (Phi) is 3.08. The highest BCUT2D eigenvalue weighted by Crippen LogP contribution is 2.29. The average molecular weight is 273 g/mol. The van der Waals surface area contributed by atoms with Crippen molar-refractivity contribution in [3.63, 3.8) is 0 Å². The Hall–Kier alpha value is -2.08. The lowest BCUT2D eigenvalue weighted by atomic mass is 10.2. The van der Waals surface area contributed by atoms with E-state index in [1.807, 2.05) is 41.7 Å². The first-order valence-electron chi connectivity index (χ1n) is 6.07. The van der Waals surface area contributed by atoms with Gasteiger partial charge in [-0.3, -0.25) is 0 Å². The highest BCUT2D eigenvalue weighted by atomic mass is 32.1. The summed E-state index contributed by atoms with van der Waals surface area (Å²) >= 11 is 1.60. The monoisotopic (exact) mass is 273 g/mol. The van der Waals surface area contributed by atoms with Crippen molar-refractivity contribution in [1.29, 1.82) is 0 Å². The summed E-state index contributed by atoms with van der Waals surface area (Å²) in [6, 6.07) is 4.06. The third-order valence-electron chi connectivity index (χ3n) is 3.13. The summed E-state index contributed by atoms with van der Waals surface area (Å²) < 4.78 is 3.14. The zero-order valence-electron chi connectivity index (χ0n) is 10.6. The summed E-state index contributed by atoms with van der Waals surface area (Å²) in [7, 11) is 2.00. The summed E-state index contributed by atoms with van der Waals surface area (Å²) in [6.45, 7) is 0.796. The van der Waals surface area contributed by atoms with E-state index < -0.39 is 0 Å². The van der Waals surface area contributed by atoms with Crippen molar-refractivity contribution in [3.8, 4) is 0 Å². The van der Waals surface area contributed by atoms with E-state index in [0.29, 0.717) is 0 Å². The van der Waals surface area contributed by atoms with Gasteiger partial charge in [0.2, 0.25) is 0 Å². The van der Waals surface area contributed by atoms with Gasteiger partial charge < -0.3 is 15.6 Å². The zero-order valence-corrected chi connectivity index (χ0v) is 11.4. The Labute approximate surface area is 115 Å². The number of nitrogens with one attached hydrogen (secondary N) is 1. The van der Waals surface area contributed by atoms with Gasteiger partial charge in [-0.2, -0.15) is 0 Å². The number of nitrogens with two attached hydrogens (primary N) is 1. The van der Waals surface area contributed by atoms with Crippen molar-refractivity contribution in [1.82, 2.24) is 14.5 Å². The molecule has 0 fully saturated rings. The second-order valence-corrected chi connectivity index (χ2v) is 5.24. The molecule has 19 heavy (non-hydrogen) atoms. The van der Waals surface area contributed by atoms with Crippen LogP contribution in [0.25, 0.3) is 10.2 Å². The summed E-state index contributed by atoms with van der Waals surface area (Å²) in [5.74, 6) is 1.06. The lowest BCUT2D eigenvalue weighted by Crippen LogP contribution is -2.09. The molecule has 0 atom stereocenters. The van der Waals surface area contributed by atoms with Crippen LogP contribution in [-0.2, 0) is 13.5 Å². The molecule has 3 rings (SSSR count). The highest BCUT2D eigenvalue weighted by molar-refractivity contribution is 7.16. The van der Waals surface area contributed by atoms with E-state index in [2.05, 4.69) is 15.3 Å². The predicted octanol–water partition coefficient (Wildman–Crippen LogP) is 2.27. The van der Waals surface area contributed by atoms with Crippen LogP contribution in [0.3, 0.4) is 0 Å². The van der Waals surface area contributed by atoms with Crippen LogP contribution in [-0.4, -0.2) is 21.1 Å². The van der Waals surface area contributed by atoms with E-state index in [9.17, 15) is 0 Å². The minimum atomic E-state index is 0.721. The molecule has 0 spiro atoms. The molecule has 3 N–H and O–H groups in total. The van der Waals surface area contributed by atoms with Crippen molar-refractivity contribution >= 4 is 32.9 Å². The molecule has 0 saturated carbocycles. The van der Waals surface area contributed by atoms with E-state index in [0.717, 1.165) is 40.4 Å². The molecule has 2 aromatic heterocycles. The summed E-state index contributed by atoms with van der Waals surface area (Å²) in [5, 5.41) is 3.35. The van der Waals surface area contributed by atoms with Gasteiger partial charge in [-0.1, -0.05) is 0 Å². The fourth-order valence-electron chi connectivity index (χ4n) is 2.05. The topological polar surface area (TPSA) is 68.8 Å². The van der Waals surface area contributed by atoms with Crippen LogP contribution in [0.1, 0.15) is 5.82 Å². The quantitative estimate of drug-likeness (QED) is 0.715. The van der Waals surface area contributed by atoms with Crippen LogP contribution in [0.5, 0.6) is 0 Å². The molecule has 0 aliphatic carbocycles. The predicted molar refractivity (Wildman–Crippen MR) is 79.4 cm³/mol. The number of imidazole rings is 1. The molecule has 3 aromatic rings. The molecule has 0 saturated heterocycles. The van der Waals surface area contributed by atoms with Crippen LogP contribution >= 0.6 is 11.3 Å². The van der Waals surface area contributed by atoms with Gasteiger partial charge in [-0.05, 0) is 12.1 Å². The number of nitrogen functional groups attached to an aromatic ring is 1. The van der Waals surface area contributed by atoms with Gasteiger partial charge in [-0.15, -0.1) is 11.3 Å². The van der Waals surface area contributed by atoms with Crippen LogP contribution in [0, 0.1) is 0 Å². The third-order valence-corrected chi connectivity index (χ3v) is 3.92. The Morgan fingerprint density at radius 3 is 3.05 bits per heavy atom. The van der Waals surface area contributed by atoms with Crippen LogP contribution < -0.4 is 11.1 Å². The number of anilines is 2. The minimum absolute atomic E-state index is 0.721. The first kappa shape index (κ1) is 12.0. The average Bonchev–Trinajstić information content (AvgIpc) is 3.02. The van der Waals surface area contributed by atoms with Gasteiger partial charge in [0, 0.05) is 32.4 Å². The smallest absolute Gasteiger partial charge is 0.110 e. The standard InChI is InChI=1S/C13H15N5S/c1-18-7-6-16-11(18)4-5-15-9-2-3-10-13(12(9)14)17-8-19-10/h2-3,6-8,15H,4-5,14H2,1H3. The second kappa shape index (κ2) is 4.89. The number of nitrogens with zero attached hydrogens (tertiary/aromatic N) is 3. The molecule has 5 nitrogen and oxygen atoms in total. The van der Waals surface area contributed by atoms with Crippen molar-refractivity contribution in [3.05, 3.63) is 35.9 Å². The summed E-state index contributed by atoms with van der Waals surface area (Å²) in [6.07, 6.45) is 4.62. The van der Waals surface area contributed by atoms with E-state index in [1.54, 1.807) is 11.3 Å². The number of aromatic nitrogens is 3. The molecule has 0 aliphatic rings. The number of hydrogen-bond acceptors (Lipinski definition) is 5. The van der Waals surface area contributed by atoms with Crippen molar-refractivity contribution in [2.45, 2.75) is 6.42 Å². The SMILES string of the molecule is Cn1ccnc1CCNc1ccc2scnc2c1N. The minimum Gasteiger partial charge on any atom is -0.395 e. The molecule has 0 radical (unpaired) electrons. The Morgan fingerprint density at radius 2 is 2.26 bits per heavy atom. The lowest BCUT2D eigenvalue weighted by molar-refractivity contribution is 0.790. The van der Waals surface area contributed by atoms with Gasteiger partial charge >= 0.3 is 0 Å². The van der Waals surface area contributed by atoms with Crippen LogP contribution in [0.4, 0.5) is 11.4 Å². The number of aryl methyl sites for hydroxylation is 1. The number of hydrogen-bond donors (Lipinski definition) is 2. The van der Waals surface area contributed by atoms with Gasteiger partial charge in [0.15, 0.2) is 0 Å². The van der Waals surface area contributed by atoms with Crippen molar-refractivity contribution in [2.24, 2.45) is 7.05 Å². The molecule has 0 unspecified atom stereocenters. The van der Waals surface area contributed by atoms with Crippen LogP contribution in [0.15, 0.2) is 30.0 Å². The maximum atomic E-state index is 6.11. The fraction of sp³-hybridized carbons (Fsp3) is 0.231. The molecule has 1 aromatic carbocycles. The lowest BCUT2D eigenvalue weighted by Gasteiger charge is -2.09. The Balaban J connectivity index is 1.71. The normalized spacial score (nSPS) is 11.0. The van der Waals surface area contributed by atoms with E-state index in [1.165, 1.54) is 0 Å². The maximum Gasteiger partial charge on any atom is 0.110 e. The molecular formula is C13H15N5S. The fourth-order valence-corrected chi connectivity index (χ4v) is 2.75. The molecule has 6 heteroatoms. The van der Waals surface area contributed by atoms with Crippen molar-refractivity contribution < 1.29 is 0 Å². The number of benzene rings is 1. The Bertz CT molecular complexity index is 700. The van der Waals surface area contributed by atoms with Crippen molar-refractivity contribution in [2.75, 3.05) is 17.6 Å².